The van der Waals surface area contributed by atoms with Crippen LogP contribution in [0.5, 0.6) is 0 Å². The zero-order chi connectivity index (χ0) is 14.9. The van der Waals surface area contributed by atoms with Crippen molar-refractivity contribution in [2.24, 2.45) is 0 Å². The standard InChI is InChI=1S/C9H13N2O8P.Na/c12-5-3-8(11-2-1-7(13)10-9(11)14)19-6(5)4-18-20(15,16)17;/h1-2,5-6,8,12H,3-4H2,(H,10,13,14)(H2,15,16,17);. The van der Waals surface area contributed by atoms with Crippen LogP contribution in [-0.4, -0.2) is 72.8 Å². The van der Waals surface area contributed by atoms with Gasteiger partial charge in [-0.1, -0.05) is 0 Å². The van der Waals surface area contributed by atoms with Gasteiger partial charge in [-0.05, 0) is 0 Å². The SMILES string of the molecule is O=c1ccn(C2CC(O)C(COP(=O)(O)O)O2)c(=O)[nH]1.[Na]. The first-order valence-electron chi connectivity index (χ1n) is 5.61. The number of ether oxygens (including phenoxy) is 1. The molecule has 2 rings (SSSR count). The van der Waals surface area contributed by atoms with E-state index in [9.17, 15) is 19.3 Å². The van der Waals surface area contributed by atoms with Gasteiger partial charge in [-0.25, -0.2) is 9.36 Å². The number of hydrogen-bond acceptors (Lipinski definition) is 6. The van der Waals surface area contributed by atoms with Crippen LogP contribution >= 0.6 is 7.82 Å². The maximum Gasteiger partial charge on any atom is 0.469 e. The van der Waals surface area contributed by atoms with Crippen LogP contribution in [0.25, 0.3) is 0 Å². The summed E-state index contributed by atoms with van der Waals surface area (Å²) < 4.78 is 21.2. The number of nitrogens with zero attached hydrogens (tertiary/aromatic N) is 1. The van der Waals surface area contributed by atoms with Crippen molar-refractivity contribution in [1.82, 2.24) is 9.55 Å². The Morgan fingerprint density at radius 3 is 2.71 bits per heavy atom. The molecule has 1 radical (unpaired) electrons. The Bertz CT molecular complexity index is 639. The number of hydrogen-bond donors (Lipinski definition) is 4. The first-order chi connectivity index (χ1) is 9.26. The first-order valence-corrected chi connectivity index (χ1v) is 7.14. The smallest absolute Gasteiger partial charge is 0.390 e. The van der Waals surface area contributed by atoms with Crippen molar-refractivity contribution < 1.29 is 28.7 Å². The van der Waals surface area contributed by atoms with E-state index >= 15 is 0 Å². The van der Waals surface area contributed by atoms with E-state index in [0.29, 0.717) is 0 Å². The van der Waals surface area contributed by atoms with Gasteiger partial charge in [0.15, 0.2) is 0 Å². The molecule has 2 heterocycles. The summed E-state index contributed by atoms with van der Waals surface area (Å²) >= 11 is 0. The zero-order valence-corrected chi connectivity index (χ0v) is 14.0. The minimum Gasteiger partial charge on any atom is -0.390 e. The average Bonchev–Trinajstić information content (AvgIpc) is 2.67. The van der Waals surface area contributed by atoms with Gasteiger partial charge in [-0.2, -0.15) is 0 Å². The molecule has 1 aromatic heterocycles. The summed E-state index contributed by atoms with van der Waals surface area (Å²) in [6.45, 7) is -0.514. The maximum atomic E-state index is 11.5. The molecular formula is C9H13N2NaO8P. The second kappa shape index (κ2) is 7.32. The molecule has 1 fully saturated rings. The molecule has 21 heavy (non-hydrogen) atoms. The van der Waals surface area contributed by atoms with Crippen molar-refractivity contribution in [2.45, 2.75) is 24.9 Å². The Kier molecular flexibility index (Phi) is 6.54. The molecule has 1 saturated heterocycles. The van der Waals surface area contributed by atoms with E-state index < -0.39 is 44.1 Å². The fourth-order valence-corrected chi connectivity index (χ4v) is 2.20. The van der Waals surface area contributed by atoms with E-state index in [4.69, 9.17) is 14.5 Å². The molecule has 10 nitrogen and oxygen atoms in total. The van der Waals surface area contributed by atoms with Crippen LogP contribution in [-0.2, 0) is 13.8 Å². The fraction of sp³-hybridized carbons (Fsp3) is 0.556. The Balaban J connectivity index is 0.00000220. The van der Waals surface area contributed by atoms with Crippen molar-refractivity contribution in [1.29, 1.82) is 0 Å². The van der Waals surface area contributed by atoms with Crippen molar-refractivity contribution in [3.8, 4) is 0 Å². The largest absolute Gasteiger partial charge is 0.469 e. The van der Waals surface area contributed by atoms with Gasteiger partial charge in [-0.3, -0.25) is 18.9 Å². The van der Waals surface area contributed by atoms with E-state index in [1.165, 1.54) is 6.20 Å². The van der Waals surface area contributed by atoms with Crippen LogP contribution in [0.2, 0.25) is 0 Å². The molecule has 0 bridgehead atoms. The molecule has 0 amide bonds. The summed E-state index contributed by atoms with van der Waals surface area (Å²) in [6, 6.07) is 1.12. The van der Waals surface area contributed by atoms with Crippen LogP contribution in [0.15, 0.2) is 21.9 Å². The summed E-state index contributed by atoms with van der Waals surface area (Å²) in [5, 5.41) is 9.72. The first kappa shape index (κ1) is 18.8. The van der Waals surface area contributed by atoms with Crippen LogP contribution in [0.4, 0.5) is 0 Å². The summed E-state index contributed by atoms with van der Waals surface area (Å²) in [5.41, 5.74) is -1.27. The predicted molar refractivity (Wildman–Crippen MR) is 69.6 cm³/mol. The Morgan fingerprint density at radius 1 is 1.48 bits per heavy atom. The van der Waals surface area contributed by atoms with Gasteiger partial charge in [0.25, 0.3) is 5.56 Å². The minimum absolute atomic E-state index is 0. The van der Waals surface area contributed by atoms with Crippen LogP contribution in [0.3, 0.4) is 0 Å². The number of aromatic nitrogens is 2. The quantitative estimate of drug-likeness (QED) is 0.362. The number of phosphoric ester groups is 1. The molecule has 1 aliphatic rings. The normalized spacial score (nSPS) is 25.6. The molecule has 0 spiro atoms. The van der Waals surface area contributed by atoms with E-state index in [-0.39, 0.29) is 36.0 Å². The minimum atomic E-state index is -4.66. The van der Waals surface area contributed by atoms with E-state index in [1.54, 1.807) is 0 Å². The molecule has 0 aromatic carbocycles. The van der Waals surface area contributed by atoms with Gasteiger partial charge in [0.05, 0.1) is 12.7 Å². The van der Waals surface area contributed by atoms with Gasteiger partial charge in [0.1, 0.15) is 12.3 Å². The molecule has 113 valence electrons. The van der Waals surface area contributed by atoms with Crippen LogP contribution in [0.1, 0.15) is 12.6 Å². The van der Waals surface area contributed by atoms with E-state index in [0.717, 1.165) is 10.6 Å². The Labute approximate surface area is 140 Å². The van der Waals surface area contributed by atoms with Crippen molar-refractivity contribution >= 4 is 37.4 Å². The number of aliphatic hydroxyl groups excluding tert-OH is 1. The number of nitrogens with one attached hydrogen (secondary N) is 1. The molecular weight excluding hydrogens is 318 g/mol. The summed E-state index contributed by atoms with van der Waals surface area (Å²) in [6.07, 6.45) is -1.64. The monoisotopic (exact) mass is 331 g/mol. The zero-order valence-electron chi connectivity index (χ0n) is 11.1. The second-order valence-electron chi connectivity index (χ2n) is 4.24. The number of aromatic amines is 1. The molecule has 1 aromatic rings. The summed E-state index contributed by atoms with van der Waals surface area (Å²) in [7, 11) is -4.66. The van der Waals surface area contributed by atoms with Gasteiger partial charge in [0, 0.05) is 48.2 Å². The predicted octanol–water partition coefficient (Wildman–Crippen LogP) is -2.09. The number of phosphoric acid groups is 1. The topological polar surface area (TPSA) is 151 Å². The van der Waals surface area contributed by atoms with Crippen molar-refractivity contribution in [3.05, 3.63) is 33.1 Å². The molecule has 3 unspecified atom stereocenters. The molecule has 1 aliphatic heterocycles. The fourth-order valence-electron chi connectivity index (χ4n) is 1.86. The number of aliphatic hydroxyl groups is 1. The van der Waals surface area contributed by atoms with Gasteiger partial charge in [0.2, 0.25) is 0 Å². The third-order valence-corrected chi connectivity index (χ3v) is 3.26. The summed E-state index contributed by atoms with van der Waals surface area (Å²) in [5.74, 6) is 0. The Hall–Kier alpha value is -0.290. The molecule has 0 aliphatic carbocycles. The van der Waals surface area contributed by atoms with Gasteiger partial charge in [-0.15, -0.1) is 0 Å². The van der Waals surface area contributed by atoms with Crippen LogP contribution in [0, 0.1) is 0 Å². The van der Waals surface area contributed by atoms with E-state index in [1.807, 2.05) is 4.98 Å². The molecule has 4 N–H and O–H groups in total. The van der Waals surface area contributed by atoms with Crippen LogP contribution < -0.4 is 11.2 Å². The van der Waals surface area contributed by atoms with Gasteiger partial charge < -0.3 is 19.6 Å². The number of rotatable bonds is 4. The molecule has 12 heteroatoms. The maximum absolute atomic E-state index is 11.5. The summed E-state index contributed by atoms with van der Waals surface area (Å²) in [4.78, 5) is 41.7. The van der Waals surface area contributed by atoms with Crippen molar-refractivity contribution in [3.63, 3.8) is 0 Å². The third-order valence-electron chi connectivity index (χ3n) is 2.77. The average molecular weight is 331 g/mol. The Morgan fingerprint density at radius 2 is 2.14 bits per heavy atom. The molecule has 0 saturated carbocycles. The van der Waals surface area contributed by atoms with Crippen molar-refractivity contribution in [2.75, 3.05) is 6.61 Å². The van der Waals surface area contributed by atoms with E-state index in [2.05, 4.69) is 4.52 Å². The third kappa shape index (κ3) is 5.13. The number of H-pyrrole nitrogens is 1. The molecule has 3 atom stereocenters. The second-order valence-corrected chi connectivity index (χ2v) is 5.48. The van der Waals surface area contributed by atoms with Gasteiger partial charge >= 0.3 is 13.5 Å².